The highest BCUT2D eigenvalue weighted by Crippen LogP contribution is 2.29. The van der Waals surface area contributed by atoms with E-state index in [4.69, 9.17) is 4.74 Å². The molecule has 0 spiro atoms. The molecule has 4 aromatic carbocycles. The van der Waals surface area contributed by atoms with E-state index in [1.54, 1.807) is 92.0 Å². The lowest BCUT2D eigenvalue weighted by Crippen LogP contribution is -2.30. The van der Waals surface area contributed by atoms with Crippen LogP contribution in [0.25, 0.3) is 6.08 Å². The fourth-order valence-electron chi connectivity index (χ4n) is 3.92. The lowest BCUT2D eigenvalue weighted by molar-refractivity contribution is -0.116. The summed E-state index contributed by atoms with van der Waals surface area (Å²) in [4.78, 5) is 39.9. The van der Waals surface area contributed by atoms with Crippen LogP contribution in [0.3, 0.4) is 0 Å². The number of carbonyl (C=O) groups excluding carboxylic acids is 3. The molecule has 7 nitrogen and oxygen atoms in total. The molecule has 0 aromatic heterocycles. The Hall–Kier alpha value is -4.89. The normalized spacial score (nSPS) is 11.7. The maximum absolute atomic E-state index is 14.4. The van der Waals surface area contributed by atoms with Crippen molar-refractivity contribution in [3.8, 4) is 5.75 Å². The molecule has 4 rings (SSSR count). The summed E-state index contributed by atoms with van der Waals surface area (Å²) < 4.78 is 19.6. The lowest BCUT2D eigenvalue weighted by Gasteiger charge is -2.16. The van der Waals surface area contributed by atoms with Crippen molar-refractivity contribution in [3.05, 3.63) is 126 Å². The van der Waals surface area contributed by atoms with Crippen LogP contribution in [-0.2, 0) is 9.59 Å². The first-order chi connectivity index (χ1) is 20.4. The maximum atomic E-state index is 14.4. The Labute approximate surface area is 248 Å². The van der Waals surface area contributed by atoms with Crippen LogP contribution < -0.4 is 20.7 Å². The molecule has 9 heteroatoms. The van der Waals surface area contributed by atoms with Crippen molar-refractivity contribution in [3.63, 3.8) is 0 Å². The minimum atomic E-state index is -0.631. The predicted molar refractivity (Wildman–Crippen MR) is 165 cm³/mol. The van der Waals surface area contributed by atoms with Gasteiger partial charge in [-0.1, -0.05) is 49.4 Å². The second-order valence-electron chi connectivity index (χ2n) is 9.11. The second-order valence-corrected chi connectivity index (χ2v) is 10.4. The van der Waals surface area contributed by atoms with E-state index in [0.29, 0.717) is 29.1 Å². The van der Waals surface area contributed by atoms with Gasteiger partial charge in [-0.3, -0.25) is 14.4 Å². The molecular formula is C33H30FN3O4S. The molecule has 1 unspecified atom stereocenters. The first kappa shape index (κ1) is 30.1. The fraction of sp³-hybridized carbons (Fsp3) is 0.121. The molecule has 3 N–H and O–H groups in total. The van der Waals surface area contributed by atoms with E-state index in [-0.39, 0.29) is 22.4 Å². The highest BCUT2D eigenvalue weighted by Gasteiger charge is 2.20. The summed E-state index contributed by atoms with van der Waals surface area (Å²) in [5.74, 6) is -1.13. The minimum absolute atomic E-state index is 0.127. The van der Waals surface area contributed by atoms with Gasteiger partial charge in [0.25, 0.3) is 11.8 Å². The third-order valence-corrected chi connectivity index (χ3v) is 7.48. The smallest absolute Gasteiger partial charge is 0.272 e. The first-order valence-electron chi connectivity index (χ1n) is 13.2. The van der Waals surface area contributed by atoms with Crippen LogP contribution in [0.2, 0.25) is 0 Å². The molecule has 0 aliphatic rings. The minimum Gasteiger partial charge on any atom is -0.497 e. The van der Waals surface area contributed by atoms with Crippen molar-refractivity contribution in [2.75, 3.05) is 17.7 Å². The topological polar surface area (TPSA) is 96.5 Å². The molecule has 0 radical (unpaired) electrons. The van der Waals surface area contributed by atoms with E-state index in [1.807, 2.05) is 13.0 Å². The van der Waals surface area contributed by atoms with Gasteiger partial charge in [-0.15, -0.1) is 11.8 Å². The quantitative estimate of drug-likeness (QED) is 0.134. The van der Waals surface area contributed by atoms with Crippen LogP contribution in [0.15, 0.2) is 114 Å². The van der Waals surface area contributed by atoms with E-state index < -0.39 is 17.6 Å². The highest BCUT2D eigenvalue weighted by atomic mass is 32.2. The van der Waals surface area contributed by atoms with Crippen LogP contribution in [0.1, 0.15) is 29.3 Å². The Morgan fingerprint density at radius 1 is 0.857 bits per heavy atom. The van der Waals surface area contributed by atoms with Gasteiger partial charge in [0, 0.05) is 27.4 Å². The Morgan fingerprint density at radius 2 is 1.57 bits per heavy atom. The number of benzene rings is 4. The molecule has 3 amide bonds. The number of halogens is 1. The Balaban J connectivity index is 1.49. The van der Waals surface area contributed by atoms with E-state index >= 15 is 0 Å². The second kappa shape index (κ2) is 14.7. The summed E-state index contributed by atoms with van der Waals surface area (Å²) in [6, 6.07) is 28.5. The number of hydrogen-bond donors (Lipinski definition) is 3. The first-order valence-corrected chi connectivity index (χ1v) is 14.1. The SMILES string of the molecule is CCC(Sc1cccc(NC(=O)/C(=C/c2ccccc2F)NC(=O)c2ccccc2)c1)C(=O)Nc1ccc(OC)cc1. The van der Waals surface area contributed by atoms with Crippen LogP contribution in [0.4, 0.5) is 15.8 Å². The predicted octanol–water partition coefficient (Wildman–Crippen LogP) is 6.75. The summed E-state index contributed by atoms with van der Waals surface area (Å²) in [6.45, 7) is 1.92. The number of hydrogen-bond acceptors (Lipinski definition) is 5. The summed E-state index contributed by atoms with van der Waals surface area (Å²) in [6.07, 6.45) is 1.87. The Kier molecular flexibility index (Phi) is 10.5. The summed E-state index contributed by atoms with van der Waals surface area (Å²) in [7, 11) is 1.58. The third kappa shape index (κ3) is 8.31. The summed E-state index contributed by atoms with van der Waals surface area (Å²) in [5, 5.41) is 7.92. The number of methoxy groups -OCH3 is 1. The van der Waals surface area contributed by atoms with Crippen LogP contribution in [-0.4, -0.2) is 30.1 Å². The van der Waals surface area contributed by atoms with Crippen LogP contribution in [0.5, 0.6) is 5.75 Å². The number of thioether (sulfide) groups is 1. The standard InChI is InChI=1S/C33H30FN3O4S/c1-3-30(33(40)35-24-16-18-26(41-2)19-17-24)42-27-14-9-13-25(21-27)36-32(39)29(20-23-12-7-8-15-28(23)34)37-31(38)22-10-5-4-6-11-22/h4-21,30H,3H2,1-2H3,(H,35,40)(H,36,39)(H,37,38)/b29-20-. The molecule has 0 aliphatic heterocycles. The molecule has 0 saturated heterocycles. The molecular weight excluding hydrogens is 553 g/mol. The maximum Gasteiger partial charge on any atom is 0.272 e. The van der Waals surface area contributed by atoms with Gasteiger partial charge in [0.05, 0.1) is 12.4 Å². The van der Waals surface area contributed by atoms with Gasteiger partial charge in [-0.25, -0.2) is 4.39 Å². The Morgan fingerprint density at radius 3 is 2.26 bits per heavy atom. The number of amides is 3. The van der Waals surface area contributed by atoms with Crippen LogP contribution >= 0.6 is 11.8 Å². The molecule has 1 atom stereocenters. The van der Waals surface area contributed by atoms with Crippen molar-refractivity contribution in [2.45, 2.75) is 23.5 Å². The summed E-state index contributed by atoms with van der Waals surface area (Å²) >= 11 is 1.36. The van der Waals surface area contributed by atoms with E-state index in [1.165, 1.54) is 30.0 Å². The van der Waals surface area contributed by atoms with E-state index in [9.17, 15) is 18.8 Å². The molecule has 0 saturated carbocycles. The third-order valence-electron chi connectivity index (χ3n) is 6.12. The van der Waals surface area contributed by atoms with Crippen molar-refractivity contribution >= 4 is 46.9 Å². The van der Waals surface area contributed by atoms with Crippen molar-refractivity contribution < 1.29 is 23.5 Å². The fourth-order valence-corrected chi connectivity index (χ4v) is 4.93. The molecule has 0 fully saturated rings. The zero-order valence-corrected chi connectivity index (χ0v) is 23.9. The number of carbonyl (C=O) groups is 3. The molecule has 4 aromatic rings. The lowest BCUT2D eigenvalue weighted by atomic mass is 10.1. The highest BCUT2D eigenvalue weighted by molar-refractivity contribution is 8.00. The average Bonchev–Trinajstić information content (AvgIpc) is 3.01. The van der Waals surface area contributed by atoms with E-state index in [2.05, 4.69) is 16.0 Å². The van der Waals surface area contributed by atoms with Gasteiger partial charge in [-0.05, 0) is 73.2 Å². The molecule has 214 valence electrons. The molecule has 0 bridgehead atoms. The van der Waals surface area contributed by atoms with Gasteiger partial charge in [0.1, 0.15) is 17.3 Å². The summed E-state index contributed by atoms with van der Waals surface area (Å²) in [5.41, 5.74) is 1.48. The average molecular weight is 584 g/mol. The number of anilines is 2. The van der Waals surface area contributed by atoms with Crippen molar-refractivity contribution in [1.82, 2.24) is 5.32 Å². The van der Waals surface area contributed by atoms with Crippen LogP contribution in [0, 0.1) is 5.82 Å². The van der Waals surface area contributed by atoms with Gasteiger partial charge >= 0.3 is 0 Å². The zero-order valence-electron chi connectivity index (χ0n) is 23.1. The van der Waals surface area contributed by atoms with Gasteiger partial charge < -0.3 is 20.7 Å². The zero-order chi connectivity index (χ0) is 29.9. The number of rotatable bonds is 11. The number of nitrogens with one attached hydrogen (secondary N) is 3. The van der Waals surface area contributed by atoms with Crippen molar-refractivity contribution in [2.24, 2.45) is 0 Å². The monoisotopic (exact) mass is 583 g/mol. The van der Waals surface area contributed by atoms with Gasteiger partial charge in [-0.2, -0.15) is 0 Å². The Bertz CT molecular complexity index is 1580. The number of ether oxygens (including phenoxy) is 1. The van der Waals surface area contributed by atoms with Crippen molar-refractivity contribution in [1.29, 1.82) is 0 Å². The van der Waals surface area contributed by atoms with Gasteiger partial charge in [0.15, 0.2) is 0 Å². The molecule has 42 heavy (non-hydrogen) atoms. The molecule has 0 heterocycles. The largest absolute Gasteiger partial charge is 0.497 e. The van der Waals surface area contributed by atoms with Gasteiger partial charge in [0.2, 0.25) is 5.91 Å². The molecule has 0 aliphatic carbocycles. The van der Waals surface area contributed by atoms with E-state index in [0.717, 1.165) is 4.90 Å².